The first-order chi connectivity index (χ1) is 6.18. The van der Waals surface area contributed by atoms with E-state index in [2.05, 4.69) is 20.9 Å². The first-order valence-electron chi connectivity index (χ1n) is 3.68. The molecular weight excluding hydrogens is 235 g/mol. The second-order valence-corrected chi connectivity index (χ2v) is 3.54. The second kappa shape index (κ2) is 2.96. The molecule has 0 aliphatic carbocycles. The Balaban J connectivity index is 2.89. The van der Waals surface area contributed by atoms with Crippen molar-refractivity contribution in [1.29, 1.82) is 0 Å². The fraction of sp³-hybridized carbons (Fsp3) is 0. The van der Waals surface area contributed by atoms with Gasteiger partial charge in [-0.2, -0.15) is 0 Å². The highest BCUT2D eigenvalue weighted by Crippen LogP contribution is 2.27. The Morgan fingerprint density at radius 1 is 1.38 bits per heavy atom. The van der Waals surface area contributed by atoms with Gasteiger partial charge in [0.05, 0.1) is 15.7 Å². The van der Waals surface area contributed by atoms with Gasteiger partial charge in [-0.3, -0.25) is 4.98 Å². The number of hydrogen-bond donors (Lipinski definition) is 1. The first kappa shape index (κ1) is 8.44. The van der Waals surface area contributed by atoms with Gasteiger partial charge in [-0.25, -0.2) is 4.39 Å². The monoisotopic (exact) mass is 240 g/mol. The van der Waals surface area contributed by atoms with E-state index in [0.717, 1.165) is 0 Å². The van der Waals surface area contributed by atoms with Gasteiger partial charge in [0.1, 0.15) is 5.82 Å². The Labute approximate surface area is 82.7 Å². The quantitative estimate of drug-likeness (QED) is 0.770. The van der Waals surface area contributed by atoms with Crippen LogP contribution in [-0.4, -0.2) is 4.98 Å². The van der Waals surface area contributed by atoms with E-state index < -0.39 is 0 Å². The minimum absolute atomic E-state index is 0.306. The number of nitrogens with two attached hydrogens (primary N) is 1. The molecule has 0 aliphatic rings. The third-order valence-corrected chi connectivity index (χ3v) is 2.45. The molecule has 0 spiro atoms. The molecule has 1 heterocycles. The number of halogens is 2. The molecule has 2 rings (SSSR count). The summed E-state index contributed by atoms with van der Waals surface area (Å²) in [5.41, 5.74) is 6.95. The first-order valence-corrected chi connectivity index (χ1v) is 4.47. The van der Waals surface area contributed by atoms with E-state index in [1.165, 1.54) is 12.1 Å². The van der Waals surface area contributed by atoms with Gasteiger partial charge in [-0.1, -0.05) is 0 Å². The van der Waals surface area contributed by atoms with Crippen LogP contribution in [0.4, 0.5) is 10.1 Å². The van der Waals surface area contributed by atoms with Crippen LogP contribution in [0.1, 0.15) is 0 Å². The molecular formula is C9H6BrFN2. The Morgan fingerprint density at radius 2 is 2.15 bits per heavy atom. The molecule has 0 saturated carbocycles. The summed E-state index contributed by atoms with van der Waals surface area (Å²) in [6, 6.07) is 4.35. The summed E-state index contributed by atoms with van der Waals surface area (Å²) >= 11 is 3.23. The van der Waals surface area contributed by atoms with Gasteiger partial charge in [-0.15, -0.1) is 0 Å². The molecule has 0 radical (unpaired) electrons. The zero-order valence-corrected chi connectivity index (χ0v) is 8.18. The van der Waals surface area contributed by atoms with Crippen LogP contribution in [0.2, 0.25) is 0 Å². The fourth-order valence-corrected chi connectivity index (χ4v) is 1.48. The van der Waals surface area contributed by atoms with Crippen molar-refractivity contribution in [3.8, 4) is 0 Å². The van der Waals surface area contributed by atoms with Crippen molar-refractivity contribution in [3.63, 3.8) is 0 Å². The minimum atomic E-state index is -0.306. The predicted octanol–water partition coefficient (Wildman–Crippen LogP) is 2.72. The van der Waals surface area contributed by atoms with Crippen LogP contribution in [0.15, 0.2) is 28.9 Å². The van der Waals surface area contributed by atoms with Gasteiger partial charge in [0.25, 0.3) is 0 Å². The van der Waals surface area contributed by atoms with E-state index in [4.69, 9.17) is 5.73 Å². The van der Waals surface area contributed by atoms with E-state index in [-0.39, 0.29) is 5.82 Å². The topological polar surface area (TPSA) is 38.9 Å². The van der Waals surface area contributed by atoms with Crippen molar-refractivity contribution in [2.75, 3.05) is 5.73 Å². The number of nitrogens with zero attached hydrogens (tertiary/aromatic N) is 1. The van der Waals surface area contributed by atoms with Crippen molar-refractivity contribution in [3.05, 3.63) is 34.7 Å². The Bertz CT molecular complexity index is 465. The third kappa shape index (κ3) is 1.37. The van der Waals surface area contributed by atoms with Crippen LogP contribution in [0, 0.1) is 5.82 Å². The van der Waals surface area contributed by atoms with Crippen molar-refractivity contribution in [1.82, 2.24) is 4.98 Å². The zero-order chi connectivity index (χ0) is 9.42. The normalized spacial score (nSPS) is 10.6. The smallest absolute Gasteiger partial charge is 0.124 e. The Morgan fingerprint density at radius 3 is 2.92 bits per heavy atom. The number of rotatable bonds is 0. The van der Waals surface area contributed by atoms with Crippen molar-refractivity contribution >= 4 is 32.5 Å². The average molecular weight is 241 g/mol. The maximum absolute atomic E-state index is 12.8. The van der Waals surface area contributed by atoms with Crippen molar-refractivity contribution in [2.45, 2.75) is 0 Å². The number of anilines is 1. The maximum atomic E-state index is 12.8. The molecule has 2 aromatic rings. The summed E-state index contributed by atoms with van der Waals surface area (Å²) in [6.07, 6.45) is 1.61. The van der Waals surface area contributed by atoms with Crippen molar-refractivity contribution < 1.29 is 4.39 Å². The highest BCUT2D eigenvalue weighted by atomic mass is 79.9. The Hall–Kier alpha value is -1.16. The maximum Gasteiger partial charge on any atom is 0.124 e. The standard InChI is InChI=1S/C9H6BrFN2/c10-7-4-13-8-2-1-5(11)3-6(8)9(7)12/h1-4H,(H2,12,13). The summed E-state index contributed by atoms with van der Waals surface area (Å²) in [6.45, 7) is 0. The highest BCUT2D eigenvalue weighted by Gasteiger charge is 2.03. The molecule has 0 atom stereocenters. The summed E-state index contributed by atoms with van der Waals surface area (Å²) < 4.78 is 13.5. The van der Waals surface area contributed by atoms with E-state index in [9.17, 15) is 4.39 Å². The molecule has 0 saturated heterocycles. The Kier molecular flexibility index (Phi) is 1.92. The summed E-state index contributed by atoms with van der Waals surface area (Å²) in [7, 11) is 0. The minimum Gasteiger partial charge on any atom is -0.397 e. The number of pyridine rings is 1. The molecule has 2 N–H and O–H groups in total. The zero-order valence-electron chi connectivity index (χ0n) is 6.59. The van der Waals surface area contributed by atoms with Crippen LogP contribution >= 0.6 is 15.9 Å². The van der Waals surface area contributed by atoms with Crippen LogP contribution in [0.5, 0.6) is 0 Å². The molecule has 0 unspecified atom stereocenters. The van der Waals surface area contributed by atoms with Crippen LogP contribution in [-0.2, 0) is 0 Å². The molecule has 4 heteroatoms. The lowest BCUT2D eigenvalue weighted by molar-refractivity contribution is 0.629. The lowest BCUT2D eigenvalue weighted by Gasteiger charge is -2.02. The van der Waals surface area contributed by atoms with E-state index >= 15 is 0 Å². The molecule has 66 valence electrons. The molecule has 1 aromatic heterocycles. The molecule has 1 aromatic carbocycles. The third-order valence-electron chi connectivity index (χ3n) is 1.82. The van der Waals surface area contributed by atoms with Gasteiger partial charge in [0.2, 0.25) is 0 Å². The van der Waals surface area contributed by atoms with E-state index in [0.29, 0.717) is 21.1 Å². The van der Waals surface area contributed by atoms with Gasteiger partial charge in [0, 0.05) is 11.6 Å². The van der Waals surface area contributed by atoms with Gasteiger partial charge in [0.15, 0.2) is 0 Å². The van der Waals surface area contributed by atoms with E-state index in [1.54, 1.807) is 12.3 Å². The average Bonchev–Trinajstić information content (AvgIpc) is 2.12. The molecule has 0 amide bonds. The number of hydrogen-bond acceptors (Lipinski definition) is 2. The van der Waals surface area contributed by atoms with E-state index in [1.807, 2.05) is 0 Å². The highest BCUT2D eigenvalue weighted by molar-refractivity contribution is 9.10. The largest absolute Gasteiger partial charge is 0.397 e. The molecule has 13 heavy (non-hydrogen) atoms. The van der Waals surface area contributed by atoms with Crippen LogP contribution in [0.3, 0.4) is 0 Å². The number of nitrogen functional groups attached to an aromatic ring is 1. The molecule has 0 fully saturated rings. The fourth-order valence-electron chi connectivity index (χ4n) is 1.16. The van der Waals surface area contributed by atoms with Crippen molar-refractivity contribution in [2.24, 2.45) is 0 Å². The molecule has 2 nitrogen and oxygen atoms in total. The second-order valence-electron chi connectivity index (χ2n) is 2.68. The molecule has 0 bridgehead atoms. The van der Waals surface area contributed by atoms with Gasteiger partial charge < -0.3 is 5.73 Å². The summed E-state index contributed by atoms with van der Waals surface area (Å²) in [4.78, 5) is 4.09. The SMILES string of the molecule is Nc1c(Br)cnc2ccc(F)cc12. The number of benzene rings is 1. The summed E-state index contributed by atoms with van der Waals surface area (Å²) in [5, 5.41) is 0.634. The molecule has 0 aliphatic heterocycles. The lowest BCUT2D eigenvalue weighted by atomic mass is 10.2. The summed E-state index contributed by atoms with van der Waals surface area (Å²) in [5.74, 6) is -0.306. The van der Waals surface area contributed by atoms with Gasteiger partial charge >= 0.3 is 0 Å². The van der Waals surface area contributed by atoms with Crippen LogP contribution < -0.4 is 5.73 Å². The predicted molar refractivity (Wildman–Crippen MR) is 53.8 cm³/mol. The van der Waals surface area contributed by atoms with Crippen LogP contribution in [0.25, 0.3) is 10.9 Å². The van der Waals surface area contributed by atoms with Gasteiger partial charge in [-0.05, 0) is 34.1 Å². The lowest BCUT2D eigenvalue weighted by Crippen LogP contribution is -1.91. The number of fused-ring (bicyclic) bond motifs is 1. The number of aromatic nitrogens is 1.